The molecular weight excluding hydrogens is 326 g/mol. The number of amides is 1. The van der Waals surface area contributed by atoms with Crippen molar-refractivity contribution in [1.82, 2.24) is 5.32 Å². The number of hydrogen-bond donors (Lipinski definition) is 1. The topological polar surface area (TPSA) is 90.9 Å². The zero-order chi connectivity index (χ0) is 17.8. The Morgan fingerprint density at radius 3 is 2.76 bits per heavy atom. The molecule has 130 valence electrons. The second-order valence-corrected chi connectivity index (χ2v) is 5.28. The molecule has 0 radical (unpaired) electrons. The van der Waals surface area contributed by atoms with E-state index in [1.165, 1.54) is 26.5 Å². The van der Waals surface area contributed by atoms with Crippen LogP contribution in [0.2, 0.25) is 0 Å². The van der Waals surface area contributed by atoms with Gasteiger partial charge in [-0.15, -0.1) is 0 Å². The number of hydrogen-bond acceptors (Lipinski definition) is 6. The van der Waals surface area contributed by atoms with Crippen molar-refractivity contribution in [3.05, 3.63) is 64.4 Å². The van der Waals surface area contributed by atoms with Crippen molar-refractivity contribution in [3.8, 4) is 5.75 Å². The molecule has 1 amide bonds. The SMILES string of the molecule is COc1cccc2cc(C(=O)NCC(OC)c3ccco3)c(=O)oc12. The molecule has 0 bridgehead atoms. The van der Waals surface area contributed by atoms with E-state index in [0.717, 1.165) is 0 Å². The van der Waals surface area contributed by atoms with Crippen LogP contribution < -0.4 is 15.7 Å². The molecule has 2 aromatic heterocycles. The minimum absolute atomic E-state index is 0.0879. The highest BCUT2D eigenvalue weighted by atomic mass is 16.5. The molecule has 1 N–H and O–H groups in total. The van der Waals surface area contributed by atoms with Gasteiger partial charge in [-0.1, -0.05) is 12.1 Å². The maximum Gasteiger partial charge on any atom is 0.349 e. The number of carbonyl (C=O) groups is 1. The third-order valence-corrected chi connectivity index (χ3v) is 3.78. The van der Waals surface area contributed by atoms with Crippen molar-refractivity contribution in [2.45, 2.75) is 6.10 Å². The molecule has 0 aliphatic carbocycles. The van der Waals surface area contributed by atoms with Crippen molar-refractivity contribution in [2.24, 2.45) is 0 Å². The van der Waals surface area contributed by atoms with E-state index >= 15 is 0 Å². The second-order valence-electron chi connectivity index (χ2n) is 5.28. The van der Waals surface area contributed by atoms with Gasteiger partial charge in [-0.3, -0.25) is 4.79 Å². The highest BCUT2D eigenvalue weighted by Gasteiger charge is 2.19. The number of fused-ring (bicyclic) bond motifs is 1. The van der Waals surface area contributed by atoms with Gasteiger partial charge < -0.3 is 23.6 Å². The first-order valence-corrected chi connectivity index (χ1v) is 7.59. The van der Waals surface area contributed by atoms with E-state index in [1.807, 2.05) is 0 Å². The summed E-state index contributed by atoms with van der Waals surface area (Å²) in [4.78, 5) is 24.5. The largest absolute Gasteiger partial charge is 0.493 e. The Kier molecular flexibility index (Phi) is 4.85. The number of rotatable bonds is 6. The van der Waals surface area contributed by atoms with E-state index in [1.54, 1.807) is 30.3 Å². The summed E-state index contributed by atoms with van der Waals surface area (Å²) in [5.74, 6) is 0.462. The number of carbonyl (C=O) groups excluding carboxylic acids is 1. The van der Waals surface area contributed by atoms with Crippen LogP contribution in [0.15, 0.2) is 56.3 Å². The lowest BCUT2D eigenvalue weighted by molar-refractivity contribution is 0.0736. The summed E-state index contributed by atoms with van der Waals surface area (Å²) in [6.07, 6.45) is 1.07. The Hall–Kier alpha value is -3.06. The molecule has 0 saturated carbocycles. The van der Waals surface area contributed by atoms with Crippen molar-refractivity contribution in [3.63, 3.8) is 0 Å². The van der Waals surface area contributed by atoms with Crippen molar-refractivity contribution < 1.29 is 23.1 Å². The Balaban J connectivity index is 1.82. The van der Waals surface area contributed by atoms with Crippen LogP contribution in [0.25, 0.3) is 11.0 Å². The summed E-state index contributed by atoms with van der Waals surface area (Å²) in [7, 11) is 2.99. The summed E-state index contributed by atoms with van der Waals surface area (Å²) < 4.78 is 21.0. The molecule has 0 saturated heterocycles. The summed E-state index contributed by atoms with van der Waals surface area (Å²) in [5, 5.41) is 3.25. The van der Waals surface area contributed by atoms with Gasteiger partial charge in [0.2, 0.25) is 0 Å². The number of ether oxygens (including phenoxy) is 2. The predicted octanol–water partition coefficient (Wildman–Crippen LogP) is 2.51. The minimum Gasteiger partial charge on any atom is -0.493 e. The molecule has 0 aliphatic heterocycles. The monoisotopic (exact) mass is 343 g/mol. The smallest absolute Gasteiger partial charge is 0.349 e. The van der Waals surface area contributed by atoms with Gasteiger partial charge in [0.1, 0.15) is 17.4 Å². The predicted molar refractivity (Wildman–Crippen MR) is 89.8 cm³/mol. The van der Waals surface area contributed by atoms with Crippen molar-refractivity contribution >= 4 is 16.9 Å². The standard InChI is InChI=1S/C18H17NO6/c1-22-14-6-3-5-11-9-12(18(21)25-16(11)14)17(20)19-10-15(23-2)13-7-4-8-24-13/h3-9,15H,10H2,1-2H3,(H,19,20). The highest BCUT2D eigenvalue weighted by Crippen LogP contribution is 2.24. The fourth-order valence-corrected chi connectivity index (χ4v) is 2.49. The lowest BCUT2D eigenvalue weighted by atomic mass is 10.1. The summed E-state index contributed by atoms with van der Waals surface area (Å²) in [6, 6.07) is 10.1. The van der Waals surface area contributed by atoms with Crippen LogP contribution >= 0.6 is 0 Å². The first-order chi connectivity index (χ1) is 12.1. The second kappa shape index (κ2) is 7.23. The van der Waals surface area contributed by atoms with Crippen LogP contribution in [-0.4, -0.2) is 26.7 Å². The summed E-state index contributed by atoms with van der Waals surface area (Å²) >= 11 is 0. The Bertz CT molecular complexity index is 928. The molecule has 0 spiro atoms. The number of methoxy groups -OCH3 is 2. The first kappa shape index (κ1) is 16.8. The molecular formula is C18H17NO6. The van der Waals surface area contributed by atoms with Gasteiger partial charge in [-0.05, 0) is 24.3 Å². The quantitative estimate of drug-likeness (QED) is 0.692. The van der Waals surface area contributed by atoms with Crippen LogP contribution in [0.4, 0.5) is 0 Å². The van der Waals surface area contributed by atoms with Gasteiger partial charge in [0.15, 0.2) is 11.3 Å². The van der Waals surface area contributed by atoms with Gasteiger partial charge in [0.25, 0.3) is 5.91 Å². The fraction of sp³-hybridized carbons (Fsp3) is 0.222. The molecule has 0 aliphatic rings. The van der Waals surface area contributed by atoms with E-state index in [9.17, 15) is 9.59 Å². The summed E-state index contributed by atoms with van der Waals surface area (Å²) in [6.45, 7) is 0.151. The molecule has 1 unspecified atom stereocenters. The highest BCUT2D eigenvalue weighted by molar-refractivity contribution is 5.97. The molecule has 7 nitrogen and oxygen atoms in total. The number of para-hydroxylation sites is 1. The average Bonchev–Trinajstić information content (AvgIpc) is 3.15. The normalized spacial score (nSPS) is 12.1. The summed E-state index contributed by atoms with van der Waals surface area (Å²) in [5.41, 5.74) is -0.520. The van der Waals surface area contributed by atoms with Gasteiger partial charge in [0.05, 0.1) is 19.9 Å². The number of benzene rings is 1. The van der Waals surface area contributed by atoms with E-state index in [4.69, 9.17) is 18.3 Å². The lowest BCUT2D eigenvalue weighted by Crippen LogP contribution is -2.32. The van der Waals surface area contributed by atoms with Gasteiger partial charge in [0, 0.05) is 12.5 Å². The van der Waals surface area contributed by atoms with Crippen LogP contribution in [0.3, 0.4) is 0 Å². The van der Waals surface area contributed by atoms with Gasteiger partial charge in [-0.25, -0.2) is 4.79 Å². The Morgan fingerprint density at radius 2 is 2.08 bits per heavy atom. The van der Waals surface area contributed by atoms with Gasteiger partial charge in [-0.2, -0.15) is 0 Å². The number of nitrogens with one attached hydrogen (secondary N) is 1. The number of furan rings is 1. The maximum absolute atomic E-state index is 12.4. The average molecular weight is 343 g/mol. The van der Waals surface area contributed by atoms with Crippen molar-refractivity contribution in [1.29, 1.82) is 0 Å². The van der Waals surface area contributed by atoms with E-state index in [0.29, 0.717) is 22.5 Å². The molecule has 25 heavy (non-hydrogen) atoms. The Labute approximate surface area is 143 Å². The van der Waals surface area contributed by atoms with Crippen LogP contribution in [0.1, 0.15) is 22.2 Å². The molecule has 1 aromatic carbocycles. The van der Waals surface area contributed by atoms with Crippen LogP contribution in [0, 0.1) is 0 Å². The van der Waals surface area contributed by atoms with Crippen LogP contribution in [0.5, 0.6) is 5.75 Å². The maximum atomic E-state index is 12.4. The third-order valence-electron chi connectivity index (χ3n) is 3.78. The van der Waals surface area contributed by atoms with E-state index < -0.39 is 17.6 Å². The molecule has 0 fully saturated rings. The zero-order valence-corrected chi connectivity index (χ0v) is 13.8. The zero-order valence-electron chi connectivity index (χ0n) is 13.8. The Morgan fingerprint density at radius 1 is 1.24 bits per heavy atom. The molecule has 7 heteroatoms. The first-order valence-electron chi connectivity index (χ1n) is 7.59. The molecule has 2 heterocycles. The van der Waals surface area contributed by atoms with Crippen LogP contribution in [-0.2, 0) is 4.74 Å². The minimum atomic E-state index is -0.735. The van der Waals surface area contributed by atoms with E-state index in [2.05, 4.69) is 5.32 Å². The van der Waals surface area contributed by atoms with Crippen molar-refractivity contribution in [2.75, 3.05) is 20.8 Å². The lowest BCUT2D eigenvalue weighted by Gasteiger charge is -2.13. The molecule has 3 aromatic rings. The van der Waals surface area contributed by atoms with E-state index in [-0.39, 0.29) is 12.1 Å². The fourth-order valence-electron chi connectivity index (χ4n) is 2.49. The third kappa shape index (κ3) is 3.41. The van der Waals surface area contributed by atoms with Gasteiger partial charge >= 0.3 is 5.63 Å². The molecule has 3 rings (SSSR count). The molecule has 1 atom stereocenters.